The number of alkyl halides is 1. The average Bonchev–Trinajstić information content (AvgIpc) is 2.19. The molecule has 1 aromatic carbocycles. The molecule has 0 saturated heterocycles. The second-order valence-electron chi connectivity index (χ2n) is 2.87. The monoisotopic (exact) mass is 370 g/mol. The molecular formula is C8H8Br2N2O3S. The van der Waals surface area contributed by atoms with E-state index in [1.54, 1.807) is 0 Å². The van der Waals surface area contributed by atoms with E-state index in [0.29, 0.717) is 10.2 Å². The fourth-order valence-electron chi connectivity index (χ4n) is 0.958. The van der Waals surface area contributed by atoms with E-state index in [2.05, 4.69) is 37.2 Å². The topological polar surface area (TPSA) is 89.3 Å². The van der Waals surface area contributed by atoms with Crippen LogP contribution in [0.3, 0.4) is 0 Å². The molecule has 0 saturated carbocycles. The molecule has 0 fully saturated rings. The van der Waals surface area contributed by atoms with Gasteiger partial charge in [0.25, 0.3) is 0 Å². The zero-order valence-electron chi connectivity index (χ0n) is 7.91. The third kappa shape index (κ3) is 3.55. The number of anilines is 1. The SMILES string of the molecule is NS(=O)(=O)c1ccc(NC(=O)CBr)c(Br)c1. The number of halogens is 2. The average molecular weight is 372 g/mol. The van der Waals surface area contributed by atoms with Crippen LogP contribution in [0.15, 0.2) is 27.6 Å². The Bertz CT molecular complexity index is 516. The minimum absolute atomic E-state index is 0.0174. The Hall–Kier alpha value is -0.440. The van der Waals surface area contributed by atoms with Gasteiger partial charge in [-0.15, -0.1) is 0 Å². The summed E-state index contributed by atoms with van der Waals surface area (Å²) in [7, 11) is -3.73. The summed E-state index contributed by atoms with van der Waals surface area (Å²) in [5.41, 5.74) is 0.483. The van der Waals surface area contributed by atoms with E-state index in [-0.39, 0.29) is 16.1 Å². The molecule has 88 valence electrons. The van der Waals surface area contributed by atoms with Crippen molar-refractivity contribution >= 4 is 53.5 Å². The third-order valence-corrected chi connectivity index (χ3v) is 3.74. The smallest absolute Gasteiger partial charge is 0.238 e. The van der Waals surface area contributed by atoms with Crippen molar-refractivity contribution in [1.82, 2.24) is 0 Å². The number of benzene rings is 1. The van der Waals surface area contributed by atoms with Crippen molar-refractivity contribution in [3.8, 4) is 0 Å². The van der Waals surface area contributed by atoms with Crippen LogP contribution in [0.1, 0.15) is 0 Å². The van der Waals surface area contributed by atoms with Crippen LogP contribution in [-0.4, -0.2) is 19.7 Å². The number of carbonyl (C=O) groups excluding carboxylic acids is 1. The van der Waals surface area contributed by atoms with Crippen LogP contribution < -0.4 is 10.5 Å². The van der Waals surface area contributed by atoms with E-state index < -0.39 is 10.0 Å². The van der Waals surface area contributed by atoms with Crippen molar-refractivity contribution in [1.29, 1.82) is 0 Å². The van der Waals surface area contributed by atoms with Gasteiger partial charge in [-0.2, -0.15) is 0 Å². The highest BCUT2D eigenvalue weighted by molar-refractivity contribution is 9.10. The lowest BCUT2D eigenvalue weighted by molar-refractivity contribution is -0.113. The van der Waals surface area contributed by atoms with Crippen LogP contribution in [-0.2, 0) is 14.8 Å². The van der Waals surface area contributed by atoms with Crippen LogP contribution in [0, 0.1) is 0 Å². The zero-order chi connectivity index (χ0) is 12.3. The first kappa shape index (κ1) is 13.6. The summed E-state index contributed by atoms with van der Waals surface area (Å²) in [6.45, 7) is 0. The molecule has 0 aliphatic carbocycles. The molecule has 0 bridgehead atoms. The Morgan fingerprint density at radius 2 is 2.06 bits per heavy atom. The predicted molar refractivity (Wildman–Crippen MR) is 67.9 cm³/mol. The van der Waals surface area contributed by atoms with Crippen molar-refractivity contribution in [2.45, 2.75) is 4.90 Å². The number of hydrogen-bond donors (Lipinski definition) is 2. The fraction of sp³-hybridized carbons (Fsp3) is 0.125. The van der Waals surface area contributed by atoms with Crippen molar-refractivity contribution in [3.63, 3.8) is 0 Å². The van der Waals surface area contributed by atoms with Gasteiger partial charge in [0.15, 0.2) is 0 Å². The van der Waals surface area contributed by atoms with Crippen LogP contribution >= 0.6 is 31.9 Å². The molecule has 0 aliphatic rings. The van der Waals surface area contributed by atoms with Crippen molar-refractivity contribution in [3.05, 3.63) is 22.7 Å². The Kier molecular flexibility index (Phi) is 4.48. The molecule has 8 heteroatoms. The maximum absolute atomic E-state index is 11.1. The molecule has 0 radical (unpaired) electrons. The number of amides is 1. The van der Waals surface area contributed by atoms with E-state index in [9.17, 15) is 13.2 Å². The number of sulfonamides is 1. The Morgan fingerprint density at radius 3 is 2.50 bits per heavy atom. The van der Waals surface area contributed by atoms with Gasteiger partial charge in [-0.25, -0.2) is 13.6 Å². The standard InChI is InChI=1S/C8H8Br2N2O3S/c9-4-8(13)12-7-2-1-5(3-6(7)10)16(11,14)15/h1-3H,4H2,(H,12,13)(H2,11,14,15). The first-order valence-electron chi connectivity index (χ1n) is 4.03. The number of rotatable bonds is 3. The second-order valence-corrected chi connectivity index (χ2v) is 5.84. The molecule has 0 spiro atoms. The first-order chi connectivity index (χ1) is 7.34. The van der Waals surface area contributed by atoms with Gasteiger partial charge < -0.3 is 5.32 Å². The van der Waals surface area contributed by atoms with E-state index in [1.807, 2.05) is 0 Å². The summed E-state index contributed by atoms with van der Waals surface area (Å²) in [6, 6.07) is 4.12. The zero-order valence-corrected chi connectivity index (χ0v) is 11.9. The molecule has 0 heterocycles. The van der Waals surface area contributed by atoms with Gasteiger partial charge >= 0.3 is 0 Å². The van der Waals surface area contributed by atoms with Crippen LogP contribution in [0.5, 0.6) is 0 Å². The van der Waals surface area contributed by atoms with Crippen molar-refractivity contribution < 1.29 is 13.2 Å². The van der Waals surface area contributed by atoms with Gasteiger partial charge in [-0.1, -0.05) is 15.9 Å². The van der Waals surface area contributed by atoms with Gasteiger partial charge in [0.1, 0.15) is 0 Å². The van der Waals surface area contributed by atoms with Gasteiger partial charge in [0.2, 0.25) is 15.9 Å². The normalized spacial score (nSPS) is 11.2. The maximum Gasteiger partial charge on any atom is 0.238 e. The van der Waals surface area contributed by atoms with Crippen LogP contribution in [0.4, 0.5) is 5.69 Å². The summed E-state index contributed by atoms with van der Waals surface area (Å²) in [5.74, 6) is -0.232. The quantitative estimate of drug-likeness (QED) is 0.787. The van der Waals surface area contributed by atoms with Crippen LogP contribution in [0.2, 0.25) is 0 Å². The Labute approximate surface area is 110 Å². The first-order valence-corrected chi connectivity index (χ1v) is 7.49. The van der Waals surface area contributed by atoms with Crippen molar-refractivity contribution in [2.75, 3.05) is 10.6 Å². The Balaban J connectivity index is 3.06. The number of nitrogens with two attached hydrogens (primary N) is 1. The van der Waals surface area contributed by atoms with Crippen LogP contribution in [0.25, 0.3) is 0 Å². The molecule has 1 rings (SSSR count). The highest BCUT2D eigenvalue weighted by atomic mass is 79.9. The fourth-order valence-corrected chi connectivity index (χ4v) is 2.27. The molecule has 1 amide bonds. The van der Waals surface area contributed by atoms with Gasteiger partial charge in [0.05, 0.1) is 15.9 Å². The van der Waals surface area contributed by atoms with E-state index >= 15 is 0 Å². The number of nitrogens with one attached hydrogen (secondary N) is 1. The molecular weight excluding hydrogens is 364 g/mol. The molecule has 1 aromatic rings. The summed E-state index contributed by atoms with van der Waals surface area (Å²) in [5, 5.41) is 7.69. The van der Waals surface area contributed by atoms with E-state index in [0.717, 1.165) is 0 Å². The lowest BCUT2D eigenvalue weighted by Gasteiger charge is -2.07. The molecule has 0 unspecified atom stereocenters. The molecule has 0 atom stereocenters. The minimum atomic E-state index is -3.73. The minimum Gasteiger partial charge on any atom is -0.324 e. The molecule has 3 N–H and O–H groups in total. The largest absolute Gasteiger partial charge is 0.324 e. The predicted octanol–water partition coefficient (Wildman–Crippen LogP) is 1.43. The second kappa shape index (κ2) is 5.26. The number of hydrogen-bond acceptors (Lipinski definition) is 3. The number of carbonyl (C=O) groups is 1. The molecule has 5 nitrogen and oxygen atoms in total. The van der Waals surface area contributed by atoms with E-state index in [4.69, 9.17) is 5.14 Å². The Morgan fingerprint density at radius 1 is 1.44 bits per heavy atom. The highest BCUT2D eigenvalue weighted by Crippen LogP contribution is 2.25. The van der Waals surface area contributed by atoms with Gasteiger partial charge in [0, 0.05) is 4.47 Å². The summed E-state index contributed by atoms with van der Waals surface area (Å²) < 4.78 is 22.5. The summed E-state index contributed by atoms with van der Waals surface area (Å²) in [4.78, 5) is 11.1. The molecule has 0 aromatic heterocycles. The van der Waals surface area contributed by atoms with Gasteiger partial charge in [-0.3, -0.25) is 4.79 Å². The molecule has 0 aliphatic heterocycles. The highest BCUT2D eigenvalue weighted by Gasteiger charge is 2.11. The lowest BCUT2D eigenvalue weighted by atomic mass is 10.3. The molecule has 16 heavy (non-hydrogen) atoms. The van der Waals surface area contributed by atoms with Crippen molar-refractivity contribution in [2.24, 2.45) is 5.14 Å². The maximum atomic E-state index is 11.1. The number of primary sulfonamides is 1. The van der Waals surface area contributed by atoms with E-state index in [1.165, 1.54) is 18.2 Å². The van der Waals surface area contributed by atoms with Gasteiger partial charge in [-0.05, 0) is 34.1 Å². The lowest BCUT2D eigenvalue weighted by Crippen LogP contribution is -2.14. The third-order valence-electron chi connectivity index (χ3n) is 1.66. The summed E-state index contributed by atoms with van der Waals surface area (Å²) in [6.07, 6.45) is 0. The summed E-state index contributed by atoms with van der Waals surface area (Å²) >= 11 is 6.15.